The van der Waals surface area contributed by atoms with Crippen molar-refractivity contribution >= 4 is 32.9 Å². The van der Waals surface area contributed by atoms with Crippen LogP contribution in [0, 0.1) is 12.7 Å². The second-order valence-corrected chi connectivity index (χ2v) is 5.57. The van der Waals surface area contributed by atoms with Crippen molar-refractivity contribution in [2.24, 2.45) is 0 Å². The van der Waals surface area contributed by atoms with E-state index in [1.54, 1.807) is 10.6 Å². The van der Waals surface area contributed by atoms with Gasteiger partial charge in [-0.15, -0.1) is 0 Å². The first-order valence-electron chi connectivity index (χ1n) is 6.29. The molecule has 6 heteroatoms. The molecule has 0 atom stereocenters. The zero-order valence-electron chi connectivity index (χ0n) is 11.5. The van der Waals surface area contributed by atoms with E-state index in [0.717, 1.165) is 15.7 Å². The van der Waals surface area contributed by atoms with E-state index in [4.69, 9.17) is 10.5 Å². The number of rotatable bonds is 2. The molecule has 0 aliphatic rings. The highest BCUT2D eigenvalue weighted by atomic mass is 79.9. The predicted octanol–water partition coefficient (Wildman–Crippen LogP) is 3.83. The van der Waals surface area contributed by atoms with Gasteiger partial charge in [-0.25, -0.2) is 9.37 Å². The number of fused-ring (bicyclic) bond motifs is 1. The highest BCUT2D eigenvalue weighted by Crippen LogP contribution is 2.30. The lowest BCUT2D eigenvalue weighted by atomic mass is 10.2. The van der Waals surface area contributed by atoms with Crippen LogP contribution in [0.3, 0.4) is 0 Å². The second kappa shape index (κ2) is 5.04. The summed E-state index contributed by atoms with van der Waals surface area (Å²) in [5.74, 6) is 0.0125. The highest BCUT2D eigenvalue weighted by Gasteiger charge is 2.14. The fourth-order valence-corrected chi connectivity index (χ4v) is 2.54. The molecular formula is C15H13BrFN3O. The molecule has 2 N–H and O–H groups in total. The molecule has 1 heterocycles. The van der Waals surface area contributed by atoms with E-state index in [2.05, 4.69) is 20.9 Å². The molecule has 0 spiro atoms. The van der Waals surface area contributed by atoms with Gasteiger partial charge in [-0.1, -0.05) is 15.9 Å². The Labute approximate surface area is 129 Å². The Bertz CT molecular complexity index is 845. The lowest BCUT2D eigenvalue weighted by molar-refractivity contribution is 0.387. The summed E-state index contributed by atoms with van der Waals surface area (Å²) in [7, 11) is 1.43. The fraction of sp³-hybridized carbons (Fsp3) is 0.133. The van der Waals surface area contributed by atoms with Gasteiger partial charge in [0.25, 0.3) is 0 Å². The molecule has 3 rings (SSSR count). The van der Waals surface area contributed by atoms with Crippen molar-refractivity contribution in [1.29, 1.82) is 0 Å². The highest BCUT2D eigenvalue weighted by molar-refractivity contribution is 9.10. The molecule has 0 aliphatic heterocycles. The van der Waals surface area contributed by atoms with Gasteiger partial charge >= 0.3 is 0 Å². The molecule has 108 valence electrons. The van der Waals surface area contributed by atoms with Crippen LogP contribution in [0.15, 0.2) is 34.8 Å². The topological polar surface area (TPSA) is 53.1 Å². The number of hydrogen-bond donors (Lipinski definition) is 1. The van der Waals surface area contributed by atoms with Gasteiger partial charge in [0.05, 0.1) is 18.1 Å². The predicted molar refractivity (Wildman–Crippen MR) is 84.4 cm³/mol. The van der Waals surface area contributed by atoms with E-state index in [1.165, 1.54) is 13.2 Å². The zero-order chi connectivity index (χ0) is 15.1. The average Bonchev–Trinajstić information content (AvgIpc) is 2.76. The van der Waals surface area contributed by atoms with E-state index in [9.17, 15) is 4.39 Å². The smallest absolute Gasteiger partial charge is 0.205 e. The minimum atomic E-state index is -0.457. The van der Waals surface area contributed by atoms with Crippen molar-refractivity contribution in [1.82, 2.24) is 9.55 Å². The molecule has 0 fully saturated rings. The van der Waals surface area contributed by atoms with Gasteiger partial charge in [0.2, 0.25) is 5.95 Å². The summed E-state index contributed by atoms with van der Waals surface area (Å²) in [6.45, 7) is 1.99. The largest absolute Gasteiger partial charge is 0.494 e. The summed E-state index contributed by atoms with van der Waals surface area (Å²) < 4.78 is 21.6. The molecular weight excluding hydrogens is 337 g/mol. The van der Waals surface area contributed by atoms with Crippen LogP contribution in [0.2, 0.25) is 0 Å². The van der Waals surface area contributed by atoms with Gasteiger partial charge < -0.3 is 10.5 Å². The maximum absolute atomic E-state index is 13.8. The molecule has 0 unspecified atom stereocenters. The molecule has 0 radical (unpaired) electrons. The van der Waals surface area contributed by atoms with Crippen molar-refractivity contribution in [3.8, 4) is 11.4 Å². The Balaban J connectivity index is 2.30. The van der Waals surface area contributed by atoms with Crippen LogP contribution in [0.4, 0.5) is 10.3 Å². The summed E-state index contributed by atoms with van der Waals surface area (Å²) in [6, 6.07) is 8.77. The number of aromatic nitrogens is 2. The first-order valence-corrected chi connectivity index (χ1v) is 7.08. The van der Waals surface area contributed by atoms with E-state index < -0.39 is 5.82 Å². The summed E-state index contributed by atoms with van der Waals surface area (Å²) >= 11 is 3.47. The van der Waals surface area contributed by atoms with Crippen LogP contribution < -0.4 is 10.5 Å². The Morgan fingerprint density at radius 1 is 1.29 bits per heavy atom. The molecule has 0 aliphatic carbocycles. The molecule has 3 aromatic rings. The fourth-order valence-electron chi connectivity index (χ4n) is 2.29. The first kappa shape index (κ1) is 13.9. The minimum absolute atomic E-state index is 0.164. The van der Waals surface area contributed by atoms with E-state index in [0.29, 0.717) is 17.0 Å². The number of methoxy groups -OCH3 is 1. The number of anilines is 1. The quantitative estimate of drug-likeness (QED) is 0.764. The number of hydrogen-bond acceptors (Lipinski definition) is 3. The molecule has 0 saturated heterocycles. The van der Waals surface area contributed by atoms with Crippen LogP contribution >= 0.6 is 15.9 Å². The molecule has 0 bridgehead atoms. The summed E-state index contributed by atoms with van der Waals surface area (Å²) in [5.41, 5.74) is 9.12. The third-order valence-corrected chi connectivity index (χ3v) is 4.24. The van der Waals surface area contributed by atoms with Gasteiger partial charge in [-0.3, -0.25) is 4.57 Å². The third kappa shape index (κ3) is 2.25. The first-order chi connectivity index (χ1) is 10.0. The van der Waals surface area contributed by atoms with Gasteiger partial charge in [0, 0.05) is 22.3 Å². The molecule has 2 aromatic carbocycles. The van der Waals surface area contributed by atoms with Crippen LogP contribution in [-0.4, -0.2) is 16.7 Å². The molecule has 21 heavy (non-hydrogen) atoms. The molecule has 0 amide bonds. The average molecular weight is 350 g/mol. The van der Waals surface area contributed by atoms with Crippen LogP contribution in [0.5, 0.6) is 5.75 Å². The lowest BCUT2D eigenvalue weighted by Gasteiger charge is -2.09. The molecule has 0 saturated carbocycles. The Kier molecular flexibility index (Phi) is 3.33. The molecule has 1 aromatic heterocycles. The van der Waals surface area contributed by atoms with Crippen molar-refractivity contribution in [2.75, 3.05) is 12.8 Å². The van der Waals surface area contributed by atoms with E-state index in [-0.39, 0.29) is 5.75 Å². The van der Waals surface area contributed by atoms with Crippen LogP contribution in [0.25, 0.3) is 16.7 Å². The summed E-state index contributed by atoms with van der Waals surface area (Å²) in [5, 5.41) is 0. The monoisotopic (exact) mass is 349 g/mol. The second-order valence-electron chi connectivity index (χ2n) is 4.71. The Hall–Kier alpha value is -2.08. The van der Waals surface area contributed by atoms with E-state index in [1.807, 2.05) is 25.1 Å². The number of nitrogens with zero attached hydrogens (tertiary/aromatic N) is 2. The number of nitrogens with two attached hydrogens (primary N) is 1. The zero-order valence-corrected chi connectivity index (χ0v) is 13.1. The SMILES string of the molecule is COc1cc2c(cc1F)nc(N)n2-c1ccc(Br)c(C)c1. The lowest BCUT2D eigenvalue weighted by Crippen LogP contribution is -2.01. The minimum Gasteiger partial charge on any atom is -0.494 e. The standard InChI is InChI=1S/C15H13BrFN3O/c1-8-5-9(3-4-10(8)16)20-13-7-14(21-2)11(17)6-12(13)19-15(20)18/h3-7H,1-2H3,(H2,18,19). The third-order valence-electron chi connectivity index (χ3n) is 3.35. The normalized spacial score (nSPS) is 11.0. The van der Waals surface area contributed by atoms with Crippen molar-refractivity contribution < 1.29 is 9.13 Å². The summed E-state index contributed by atoms with van der Waals surface area (Å²) in [6.07, 6.45) is 0. The van der Waals surface area contributed by atoms with E-state index >= 15 is 0 Å². The van der Waals surface area contributed by atoms with Gasteiger partial charge in [-0.05, 0) is 30.7 Å². The summed E-state index contributed by atoms with van der Waals surface area (Å²) in [4.78, 5) is 4.21. The van der Waals surface area contributed by atoms with Crippen LogP contribution in [0.1, 0.15) is 5.56 Å². The Morgan fingerprint density at radius 3 is 2.71 bits per heavy atom. The van der Waals surface area contributed by atoms with Gasteiger partial charge in [0.1, 0.15) is 0 Å². The maximum Gasteiger partial charge on any atom is 0.205 e. The number of ether oxygens (including phenoxy) is 1. The number of imidazole rings is 1. The van der Waals surface area contributed by atoms with Crippen molar-refractivity contribution in [2.45, 2.75) is 6.92 Å². The molecule has 4 nitrogen and oxygen atoms in total. The van der Waals surface area contributed by atoms with Gasteiger partial charge in [-0.2, -0.15) is 0 Å². The van der Waals surface area contributed by atoms with Crippen molar-refractivity contribution in [3.63, 3.8) is 0 Å². The number of aryl methyl sites for hydroxylation is 1. The van der Waals surface area contributed by atoms with Crippen LogP contribution in [-0.2, 0) is 0 Å². The Morgan fingerprint density at radius 2 is 2.05 bits per heavy atom. The number of halogens is 2. The maximum atomic E-state index is 13.8. The van der Waals surface area contributed by atoms with Crippen molar-refractivity contribution in [3.05, 3.63) is 46.2 Å². The number of nitrogen functional groups attached to an aromatic ring is 1. The number of benzene rings is 2. The van der Waals surface area contributed by atoms with Gasteiger partial charge in [0.15, 0.2) is 11.6 Å².